The standard InChI is InChI=1S/C7H7N3O4/c1-4(11)9-10-3-8-2-5(6(10)12)7(13)14/h2-3H,1H3,(H,9,11)(H,13,14). The zero-order chi connectivity index (χ0) is 10.7. The number of aromatic nitrogens is 2. The van der Waals surface area contributed by atoms with Crippen LogP contribution in [-0.2, 0) is 4.79 Å². The van der Waals surface area contributed by atoms with E-state index in [2.05, 4.69) is 10.4 Å². The van der Waals surface area contributed by atoms with E-state index in [-0.39, 0.29) is 0 Å². The molecule has 1 rings (SSSR count). The number of nitrogens with one attached hydrogen (secondary N) is 1. The van der Waals surface area contributed by atoms with E-state index >= 15 is 0 Å². The van der Waals surface area contributed by atoms with E-state index in [1.54, 1.807) is 0 Å². The summed E-state index contributed by atoms with van der Waals surface area (Å²) in [7, 11) is 0. The highest BCUT2D eigenvalue weighted by Gasteiger charge is 2.11. The maximum atomic E-state index is 11.3. The van der Waals surface area contributed by atoms with E-state index in [1.807, 2.05) is 0 Å². The number of amides is 1. The molecule has 0 spiro atoms. The van der Waals surface area contributed by atoms with Crippen LogP contribution in [0.3, 0.4) is 0 Å². The summed E-state index contributed by atoms with van der Waals surface area (Å²) in [6, 6.07) is 0. The number of carbonyl (C=O) groups excluding carboxylic acids is 1. The van der Waals surface area contributed by atoms with E-state index in [4.69, 9.17) is 5.11 Å². The van der Waals surface area contributed by atoms with Crippen molar-refractivity contribution in [3.8, 4) is 0 Å². The van der Waals surface area contributed by atoms with Gasteiger partial charge in [0, 0.05) is 13.1 Å². The average molecular weight is 197 g/mol. The van der Waals surface area contributed by atoms with E-state index in [9.17, 15) is 14.4 Å². The van der Waals surface area contributed by atoms with Crippen LogP contribution in [-0.4, -0.2) is 26.6 Å². The zero-order valence-corrected chi connectivity index (χ0v) is 7.22. The molecule has 1 amide bonds. The summed E-state index contributed by atoms with van der Waals surface area (Å²) in [6.07, 6.45) is 1.94. The molecule has 0 aliphatic rings. The van der Waals surface area contributed by atoms with Gasteiger partial charge in [0.05, 0.1) is 0 Å². The molecule has 0 saturated heterocycles. The Morgan fingerprint density at radius 3 is 2.71 bits per heavy atom. The van der Waals surface area contributed by atoms with Gasteiger partial charge in [0.1, 0.15) is 11.9 Å². The normalized spacial score (nSPS) is 9.50. The van der Waals surface area contributed by atoms with Crippen molar-refractivity contribution >= 4 is 11.9 Å². The molecule has 0 saturated carbocycles. The third-order valence-corrected chi connectivity index (χ3v) is 1.34. The molecule has 2 N–H and O–H groups in total. The van der Waals surface area contributed by atoms with Crippen molar-refractivity contribution in [3.63, 3.8) is 0 Å². The SMILES string of the molecule is CC(=O)Nn1cncc(C(=O)O)c1=O. The summed E-state index contributed by atoms with van der Waals surface area (Å²) < 4.78 is 0.714. The van der Waals surface area contributed by atoms with Gasteiger partial charge < -0.3 is 5.11 Å². The van der Waals surface area contributed by atoms with E-state index in [0.29, 0.717) is 4.68 Å². The van der Waals surface area contributed by atoms with E-state index in [0.717, 1.165) is 12.5 Å². The molecule has 0 bridgehead atoms. The van der Waals surface area contributed by atoms with Gasteiger partial charge in [0.25, 0.3) is 5.56 Å². The van der Waals surface area contributed by atoms with Gasteiger partial charge in [-0.25, -0.2) is 14.5 Å². The maximum Gasteiger partial charge on any atom is 0.343 e. The Balaban J connectivity index is 3.21. The fourth-order valence-electron chi connectivity index (χ4n) is 0.808. The van der Waals surface area contributed by atoms with Crippen molar-refractivity contribution in [3.05, 3.63) is 28.4 Å². The van der Waals surface area contributed by atoms with Crippen LogP contribution in [0, 0.1) is 0 Å². The highest BCUT2D eigenvalue weighted by Crippen LogP contribution is 1.86. The highest BCUT2D eigenvalue weighted by molar-refractivity contribution is 5.87. The number of aromatic carboxylic acids is 1. The first-order chi connectivity index (χ1) is 6.52. The van der Waals surface area contributed by atoms with Crippen LogP contribution in [0.4, 0.5) is 0 Å². The summed E-state index contributed by atoms with van der Waals surface area (Å²) in [5.74, 6) is -1.88. The molecular formula is C7H7N3O4. The van der Waals surface area contributed by atoms with Gasteiger partial charge in [-0.3, -0.25) is 15.0 Å². The lowest BCUT2D eigenvalue weighted by molar-refractivity contribution is -0.115. The summed E-state index contributed by atoms with van der Waals surface area (Å²) in [5, 5.41) is 8.56. The van der Waals surface area contributed by atoms with Gasteiger partial charge in [-0.15, -0.1) is 0 Å². The summed E-state index contributed by atoms with van der Waals surface area (Å²) in [5.41, 5.74) is 0.778. The van der Waals surface area contributed by atoms with Gasteiger partial charge in [-0.2, -0.15) is 0 Å². The third kappa shape index (κ3) is 1.94. The van der Waals surface area contributed by atoms with Gasteiger partial charge >= 0.3 is 5.97 Å². The molecule has 0 aliphatic carbocycles. The van der Waals surface area contributed by atoms with Crippen molar-refractivity contribution in [2.75, 3.05) is 5.43 Å². The van der Waals surface area contributed by atoms with Crippen LogP contribution in [0.15, 0.2) is 17.3 Å². The summed E-state index contributed by atoms with van der Waals surface area (Å²) in [6.45, 7) is 1.19. The number of hydrogen-bond donors (Lipinski definition) is 2. The molecule has 0 unspecified atom stereocenters. The molecule has 0 atom stereocenters. The number of carbonyl (C=O) groups is 2. The second-order valence-electron chi connectivity index (χ2n) is 2.46. The van der Waals surface area contributed by atoms with Crippen LogP contribution in [0.2, 0.25) is 0 Å². The van der Waals surface area contributed by atoms with Gasteiger partial charge in [0.2, 0.25) is 5.91 Å². The maximum absolute atomic E-state index is 11.3. The number of rotatable bonds is 2. The van der Waals surface area contributed by atoms with Crippen LogP contribution in [0.1, 0.15) is 17.3 Å². The lowest BCUT2D eigenvalue weighted by atomic mass is 10.3. The average Bonchev–Trinajstić information content (AvgIpc) is 2.07. The second-order valence-corrected chi connectivity index (χ2v) is 2.46. The highest BCUT2D eigenvalue weighted by atomic mass is 16.4. The second kappa shape index (κ2) is 3.69. The third-order valence-electron chi connectivity index (χ3n) is 1.34. The molecule has 0 radical (unpaired) electrons. The molecule has 1 aromatic heterocycles. The summed E-state index contributed by atoms with van der Waals surface area (Å²) >= 11 is 0. The first-order valence-electron chi connectivity index (χ1n) is 3.60. The predicted molar refractivity (Wildman–Crippen MR) is 45.5 cm³/mol. The van der Waals surface area contributed by atoms with Crippen molar-refractivity contribution in [2.45, 2.75) is 6.92 Å². The van der Waals surface area contributed by atoms with Gasteiger partial charge in [0.15, 0.2) is 0 Å². The van der Waals surface area contributed by atoms with Crippen molar-refractivity contribution in [1.29, 1.82) is 0 Å². The molecule has 74 valence electrons. The van der Waals surface area contributed by atoms with E-state index < -0.39 is 23.0 Å². The lowest BCUT2D eigenvalue weighted by Crippen LogP contribution is -2.34. The van der Waals surface area contributed by atoms with Gasteiger partial charge in [-0.05, 0) is 0 Å². The minimum atomic E-state index is -1.39. The largest absolute Gasteiger partial charge is 0.477 e. The Kier molecular flexibility index (Phi) is 2.61. The fraction of sp³-hybridized carbons (Fsp3) is 0.143. The Morgan fingerprint density at radius 2 is 2.21 bits per heavy atom. The van der Waals surface area contributed by atoms with Crippen LogP contribution >= 0.6 is 0 Å². The monoisotopic (exact) mass is 197 g/mol. The first-order valence-corrected chi connectivity index (χ1v) is 3.60. The lowest BCUT2D eigenvalue weighted by Gasteiger charge is -2.04. The smallest absolute Gasteiger partial charge is 0.343 e. The predicted octanol–water partition coefficient (Wildman–Crippen LogP) is -0.969. The molecule has 0 aliphatic heterocycles. The van der Waals surface area contributed by atoms with Crippen molar-refractivity contribution in [1.82, 2.24) is 9.66 Å². The van der Waals surface area contributed by atoms with Crippen molar-refractivity contribution < 1.29 is 14.7 Å². The first kappa shape index (κ1) is 9.90. The van der Waals surface area contributed by atoms with Gasteiger partial charge in [-0.1, -0.05) is 0 Å². The molecule has 14 heavy (non-hydrogen) atoms. The fourth-order valence-corrected chi connectivity index (χ4v) is 0.808. The molecule has 1 aromatic rings. The van der Waals surface area contributed by atoms with Crippen molar-refractivity contribution in [2.24, 2.45) is 0 Å². The molecule has 7 nitrogen and oxygen atoms in total. The Hall–Kier alpha value is -2.18. The Bertz CT molecular complexity index is 437. The number of nitrogens with zero attached hydrogens (tertiary/aromatic N) is 2. The number of carboxylic acids is 1. The van der Waals surface area contributed by atoms with Crippen LogP contribution < -0.4 is 11.0 Å². The zero-order valence-electron chi connectivity index (χ0n) is 7.22. The van der Waals surface area contributed by atoms with Crippen LogP contribution in [0.25, 0.3) is 0 Å². The number of hydrogen-bond acceptors (Lipinski definition) is 4. The summed E-state index contributed by atoms with van der Waals surface area (Å²) in [4.78, 5) is 35.9. The van der Waals surface area contributed by atoms with Crippen LogP contribution in [0.5, 0.6) is 0 Å². The molecule has 1 heterocycles. The Labute approximate surface area is 78.0 Å². The molecule has 0 aromatic carbocycles. The van der Waals surface area contributed by atoms with E-state index in [1.165, 1.54) is 6.92 Å². The minimum Gasteiger partial charge on any atom is -0.477 e. The Morgan fingerprint density at radius 1 is 1.57 bits per heavy atom. The molecule has 7 heteroatoms. The molecular weight excluding hydrogens is 190 g/mol. The number of carboxylic acid groups (broad SMARTS) is 1. The topological polar surface area (TPSA) is 101 Å². The molecule has 0 fully saturated rings. The quantitative estimate of drug-likeness (QED) is 0.635. The minimum absolute atomic E-state index is 0.489.